The van der Waals surface area contributed by atoms with E-state index in [0.717, 1.165) is 50.3 Å². The van der Waals surface area contributed by atoms with Crippen molar-refractivity contribution in [1.82, 2.24) is 4.90 Å². The van der Waals surface area contributed by atoms with E-state index in [1.54, 1.807) is 0 Å². The number of alkyl halides is 3. The zero-order chi connectivity index (χ0) is 16.4. The van der Waals surface area contributed by atoms with Crippen LogP contribution in [0.15, 0.2) is 17.3 Å². The summed E-state index contributed by atoms with van der Waals surface area (Å²) in [5.41, 5.74) is 7.43. The zero-order valence-electron chi connectivity index (χ0n) is 12.6. The third-order valence-electron chi connectivity index (χ3n) is 4.63. The topological polar surface area (TPSA) is 41.6 Å². The Bertz CT molecular complexity index is 477. The second kappa shape index (κ2) is 6.56. The standard InChI is InChI=1S/C15H22F3N3S/c1-11(3-2-4-15(16,17)18)21-7-5-14(6-8-21)9-12(13(19)22)20-10-14/h1-10H2,(H2,19,22). The average Bonchev–Trinajstić information content (AvgIpc) is 2.82. The van der Waals surface area contributed by atoms with Gasteiger partial charge in [-0.2, -0.15) is 13.2 Å². The van der Waals surface area contributed by atoms with Crippen molar-refractivity contribution in [2.75, 3.05) is 19.6 Å². The maximum atomic E-state index is 12.2. The Morgan fingerprint density at radius 3 is 2.50 bits per heavy atom. The molecule has 2 heterocycles. The first-order valence-electron chi connectivity index (χ1n) is 7.53. The van der Waals surface area contributed by atoms with E-state index < -0.39 is 12.6 Å². The fourth-order valence-corrected chi connectivity index (χ4v) is 3.32. The van der Waals surface area contributed by atoms with Gasteiger partial charge in [-0.25, -0.2) is 0 Å². The maximum absolute atomic E-state index is 12.2. The number of hydrogen-bond acceptors (Lipinski definition) is 3. The number of aliphatic imine (C=N–C) groups is 1. The second-order valence-corrected chi connectivity index (χ2v) is 6.77. The predicted molar refractivity (Wildman–Crippen MR) is 86.0 cm³/mol. The molecule has 0 aromatic carbocycles. The summed E-state index contributed by atoms with van der Waals surface area (Å²) in [4.78, 5) is 6.94. The Kier molecular flexibility index (Phi) is 5.14. The van der Waals surface area contributed by atoms with Crippen LogP contribution < -0.4 is 5.73 Å². The van der Waals surface area contributed by atoms with Crippen LogP contribution in [-0.4, -0.2) is 41.4 Å². The Hall–Kier alpha value is -1.11. The molecule has 0 unspecified atom stereocenters. The predicted octanol–water partition coefficient (Wildman–Crippen LogP) is 3.45. The molecule has 0 aliphatic carbocycles. The number of piperidine rings is 1. The lowest BCUT2D eigenvalue weighted by atomic mass is 9.76. The van der Waals surface area contributed by atoms with Crippen molar-refractivity contribution in [2.24, 2.45) is 16.1 Å². The Morgan fingerprint density at radius 1 is 1.36 bits per heavy atom. The van der Waals surface area contributed by atoms with E-state index in [0.29, 0.717) is 11.4 Å². The minimum Gasteiger partial charge on any atom is -0.388 e. The number of thiocarbonyl (C=S) groups is 1. The highest BCUT2D eigenvalue weighted by Crippen LogP contribution is 2.40. The monoisotopic (exact) mass is 333 g/mol. The van der Waals surface area contributed by atoms with Gasteiger partial charge >= 0.3 is 6.18 Å². The van der Waals surface area contributed by atoms with Crippen LogP contribution in [0.1, 0.15) is 38.5 Å². The normalized spacial score (nSPS) is 21.0. The molecule has 0 aromatic heterocycles. The smallest absolute Gasteiger partial charge is 0.388 e. The Balaban J connectivity index is 1.76. The van der Waals surface area contributed by atoms with Gasteiger partial charge in [-0.05, 0) is 37.5 Å². The fraction of sp³-hybridized carbons (Fsp3) is 0.733. The van der Waals surface area contributed by atoms with Crippen LogP contribution in [-0.2, 0) is 0 Å². The van der Waals surface area contributed by atoms with Gasteiger partial charge in [0.25, 0.3) is 0 Å². The SMILES string of the molecule is C=C(CCCC(F)(F)F)N1CCC2(CC1)CN=C(C(N)=S)C2. The molecule has 2 aliphatic heterocycles. The molecule has 124 valence electrons. The van der Waals surface area contributed by atoms with E-state index >= 15 is 0 Å². The second-order valence-electron chi connectivity index (χ2n) is 6.33. The summed E-state index contributed by atoms with van der Waals surface area (Å²) in [6, 6.07) is 0. The molecular weight excluding hydrogens is 311 g/mol. The summed E-state index contributed by atoms with van der Waals surface area (Å²) in [6.07, 6.45) is -1.56. The number of nitrogens with two attached hydrogens (primary N) is 1. The van der Waals surface area contributed by atoms with Gasteiger partial charge in [-0.1, -0.05) is 18.8 Å². The molecule has 2 aliphatic rings. The van der Waals surface area contributed by atoms with Crippen molar-refractivity contribution in [3.63, 3.8) is 0 Å². The summed E-state index contributed by atoms with van der Waals surface area (Å²) in [5.74, 6) is 0. The molecule has 0 radical (unpaired) electrons. The number of allylic oxidation sites excluding steroid dienone is 1. The summed E-state index contributed by atoms with van der Waals surface area (Å²) < 4.78 is 36.5. The van der Waals surface area contributed by atoms with E-state index in [4.69, 9.17) is 18.0 Å². The third kappa shape index (κ3) is 4.44. The molecular formula is C15H22F3N3S. The van der Waals surface area contributed by atoms with Crippen LogP contribution in [0.25, 0.3) is 0 Å². The molecule has 1 spiro atoms. The van der Waals surface area contributed by atoms with Crippen molar-refractivity contribution in [1.29, 1.82) is 0 Å². The number of halogens is 3. The largest absolute Gasteiger partial charge is 0.389 e. The van der Waals surface area contributed by atoms with Gasteiger partial charge in [-0.15, -0.1) is 0 Å². The van der Waals surface area contributed by atoms with Crippen LogP contribution in [0.4, 0.5) is 13.2 Å². The van der Waals surface area contributed by atoms with Crippen LogP contribution in [0.2, 0.25) is 0 Å². The van der Waals surface area contributed by atoms with E-state index in [2.05, 4.69) is 16.5 Å². The molecule has 0 atom stereocenters. The molecule has 0 amide bonds. The van der Waals surface area contributed by atoms with Gasteiger partial charge in [0.2, 0.25) is 0 Å². The molecule has 0 saturated carbocycles. The third-order valence-corrected chi connectivity index (χ3v) is 4.86. The quantitative estimate of drug-likeness (QED) is 0.784. The highest BCUT2D eigenvalue weighted by atomic mass is 32.1. The molecule has 7 heteroatoms. The van der Waals surface area contributed by atoms with Crippen molar-refractivity contribution in [3.8, 4) is 0 Å². The van der Waals surface area contributed by atoms with E-state index in [-0.39, 0.29) is 11.8 Å². The van der Waals surface area contributed by atoms with Crippen molar-refractivity contribution in [2.45, 2.75) is 44.7 Å². The average molecular weight is 333 g/mol. The number of hydrogen-bond donors (Lipinski definition) is 1. The van der Waals surface area contributed by atoms with Crippen LogP contribution >= 0.6 is 12.2 Å². The highest BCUT2D eigenvalue weighted by Gasteiger charge is 2.39. The fourth-order valence-electron chi connectivity index (χ4n) is 3.18. The molecule has 0 aromatic rings. The molecule has 2 rings (SSSR count). The molecule has 22 heavy (non-hydrogen) atoms. The lowest BCUT2D eigenvalue weighted by Crippen LogP contribution is -2.40. The van der Waals surface area contributed by atoms with Gasteiger partial charge in [0.1, 0.15) is 4.99 Å². The summed E-state index contributed by atoms with van der Waals surface area (Å²) in [7, 11) is 0. The first kappa shape index (κ1) is 17.2. The van der Waals surface area contributed by atoms with Crippen LogP contribution in [0.3, 0.4) is 0 Å². The maximum Gasteiger partial charge on any atom is 0.389 e. The van der Waals surface area contributed by atoms with Crippen LogP contribution in [0, 0.1) is 5.41 Å². The lowest BCUT2D eigenvalue weighted by Gasteiger charge is -2.40. The van der Waals surface area contributed by atoms with E-state index in [1.165, 1.54) is 0 Å². The van der Waals surface area contributed by atoms with Gasteiger partial charge in [0.05, 0.1) is 5.71 Å². The van der Waals surface area contributed by atoms with Gasteiger partial charge in [-0.3, -0.25) is 4.99 Å². The van der Waals surface area contributed by atoms with Crippen molar-refractivity contribution < 1.29 is 13.2 Å². The number of rotatable bonds is 5. The van der Waals surface area contributed by atoms with E-state index in [9.17, 15) is 13.2 Å². The van der Waals surface area contributed by atoms with E-state index in [1.807, 2.05) is 0 Å². The number of likely N-dealkylation sites (tertiary alicyclic amines) is 1. The lowest BCUT2D eigenvalue weighted by molar-refractivity contribution is -0.135. The Morgan fingerprint density at radius 2 is 2.00 bits per heavy atom. The summed E-state index contributed by atoms with van der Waals surface area (Å²) in [6.45, 7) is 6.35. The van der Waals surface area contributed by atoms with Crippen LogP contribution in [0.5, 0.6) is 0 Å². The highest BCUT2D eigenvalue weighted by molar-refractivity contribution is 7.82. The minimum atomic E-state index is -4.08. The van der Waals surface area contributed by atoms with Gasteiger partial charge < -0.3 is 10.6 Å². The molecule has 1 fully saturated rings. The molecule has 3 nitrogen and oxygen atoms in total. The molecule has 1 saturated heterocycles. The summed E-state index contributed by atoms with van der Waals surface area (Å²) >= 11 is 4.98. The van der Waals surface area contributed by atoms with Gasteiger partial charge in [0.15, 0.2) is 0 Å². The molecule has 2 N–H and O–H groups in total. The van der Waals surface area contributed by atoms with Gasteiger partial charge in [0, 0.05) is 31.8 Å². The van der Waals surface area contributed by atoms with Crippen molar-refractivity contribution in [3.05, 3.63) is 12.3 Å². The summed E-state index contributed by atoms with van der Waals surface area (Å²) in [5, 5.41) is 0. The number of nitrogens with zero attached hydrogens (tertiary/aromatic N) is 2. The Labute approximate surface area is 134 Å². The first-order valence-corrected chi connectivity index (χ1v) is 7.94. The van der Waals surface area contributed by atoms with Crippen molar-refractivity contribution >= 4 is 22.9 Å². The molecule has 0 bridgehead atoms. The minimum absolute atomic E-state index is 0.110. The zero-order valence-corrected chi connectivity index (χ0v) is 13.4. The first-order chi connectivity index (χ1) is 10.2.